The molecule has 0 unspecified atom stereocenters. The molecule has 0 aliphatic heterocycles. The van der Waals surface area contributed by atoms with E-state index in [1.807, 2.05) is 38.1 Å². The van der Waals surface area contributed by atoms with Gasteiger partial charge in [-0.2, -0.15) is 0 Å². The van der Waals surface area contributed by atoms with Gasteiger partial charge in [-0.15, -0.1) is 11.3 Å². The van der Waals surface area contributed by atoms with Crippen molar-refractivity contribution in [3.8, 4) is 11.3 Å². The summed E-state index contributed by atoms with van der Waals surface area (Å²) in [7, 11) is 3.02. The molecule has 10 heteroatoms. The average Bonchev–Trinajstić information content (AvgIpc) is 3.35. The van der Waals surface area contributed by atoms with Crippen LogP contribution < -0.4 is 16.6 Å². The number of aromatic nitrogens is 5. The summed E-state index contributed by atoms with van der Waals surface area (Å²) in [5.41, 5.74) is 2.95. The predicted molar refractivity (Wildman–Crippen MR) is 125 cm³/mol. The van der Waals surface area contributed by atoms with Gasteiger partial charge in [-0.05, 0) is 20.3 Å². The molecule has 0 radical (unpaired) electrons. The highest BCUT2D eigenvalue weighted by Gasteiger charge is 2.15. The van der Waals surface area contributed by atoms with Gasteiger partial charge in [0.1, 0.15) is 0 Å². The van der Waals surface area contributed by atoms with E-state index in [1.165, 1.54) is 34.8 Å². The molecule has 0 fully saturated rings. The number of anilines is 1. The fourth-order valence-electron chi connectivity index (χ4n) is 3.59. The first-order valence-electron chi connectivity index (χ1n) is 10.2. The summed E-state index contributed by atoms with van der Waals surface area (Å²) in [5.74, 6) is -0.140. The number of thiazole rings is 1. The van der Waals surface area contributed by atoms with Crippen molar-refractivity contribution in [3.05, 3.63) is 61.9 Å². The van der Waals surface area contributed by atoms with Crippen molar-refractivity contribution >= 4 is 33.5 Å². The number of fused-ring (bicyclic) bond motifs is 1. The number of carbonyl (C=O) groups excluding carboxylic acids is 1. The summed E-state index contributed by atoms with van der Waals surface area (Å²) in [5, 5.41) is 3.44. The first-order chi connectivity index (χ1) is 15.3. The van der Waals surface area contributed by atoms with Crippen LogP contribution in [0.25, 0.3) is 22.4 Å². The Morgan fingerprint density at radius 1 is 1.09 bits per heavy atom. The number of carbonyl (C=O) groups is 1. The molecular formula is C22H24N6O3S. The molecule has 1 aromatic carbocycles. The third kappa shape index (κ3) is 4.01. The Hall–Kier alpha value is -3.53. The van der Waals surface area contributed by atoms with E-state index in [-0.39, 0.29) is 12.3 Å². The summed E-state index contributed by atoms with van der Waals surface area (Å²) in [6.45, 7) is 4.46. The number of rotatable bonds is 6. The van der Waals surface area contributed by atoms with E-state index >= 15 is 0 Å². The summed E-state index contributed by atoms with van der Waals surface area (Å²) >= 11 is 1.45. The fraction of sp³-hybridized carbons (Fsp3) is 0.318. The molecule has 0 spiro atoms. The number of benzene rings is 1. The summed E-state index contributed by atoms with van der Waals surface area (Å²) in [4.78, 5) is 46.8. The van der Waals surface area contributed by atoms with Gasteiger partial charge in [-0.1, -0.05) is 29.8 Å². The molecule has 0 saturated carbocycles. The van der Waals surface area contributed by atoms with Crippen LogP contribution in [0.5, 0.6) is 0 Å². The van der Waals surface area contributed by atoms with Crippen molar-refractivity contribution in [2.45, 2.75) is 33.2 Å². The van der Waals surface area contributed by atoms with Gasteiger partial charge in [0, 0.05) is 37.5 Å². The Balaban J connectivity index is 1.41. The molecule has 4 aromatic rings. The van der Waals surface area contributed by atoms with Crippen LogP contribution in [0.1, 0.15) is 23.3 Å². The minimum absolute atomic E-state index is 0.140. The van der Waals surface area contributed by atoms with Crippen LogP contribution in [0.3, 0.4) is 0 Å². The topological polar surface area (TPSA) is 104 Å². The van der Waals surface area contributed by atoms with Gasteiger partial charge in [-0.3, -0.25) is 18.7 Å². The van der Waals surface area contributed by atoms with Gasteiger partial charge in [-0.25, -0.2) is 14.8 Å². The molecule has 32 heavy (non-hydrogen) atoms. The highest BCUT2D eigenvalue weighted by Crippen LogP contribution is 2.30. The van der Waals surface area contributed by atoms with Crippen LogP contribution in [-0.2, 0) is 25.4 Å². The van der Waals surface area contributed by atoms with Gasteiger partial charge in [0.25, 0.3) is 5.56 Å². The van der Waals surface area contributed by atoms with E-state index in [0.29, 0.717) is 29.3 Å². The second-order valence-corrected chi connectivity index (χ2v) is 8.96. The van der Waals surface area contributed by atoms with Crippen LogP contribution in [0.4, 0.5) is 5.13 Å². The van der Waals surface area contributed by atoms with Crippen LogP contribution in [0.15, 0.2) is 40.2 Å². The lowest BCUT2D eigenvalue weighted by atomic mass is 10.1. The first-order valence-corrected chi connectivity index (χ1v) is 11.0. The molecule has 0 aliphatic rings. The van der Waals surface area contributed by atoms with Gasteiger partial charge in [0.15, 0.2) is 16.3 Å². The maximum absolute atomic E-state index is 12.5. The van der Waals surface area contributed by atoms with Gasteiger partial charge in [0.05, 0.1) is 12.0 Å². The van der Waals surface area contributed by atoms with Crippen LogP contribution in [0.2, 0.25) is 0 Å². The summed E-state index contributed by atoms with van der Waals surface area (Å²) in [6, 6.07) is 8.13. The van der Waals surface area contributed by atoms with Gasteiger partial charge >= 0.3 is 5.69 Å². The molecule has 9 nitrogen and oxygen atoms in total. The zero-order valence-corrected chi connectivity index (χ0v) is 19.2. The molecule has 3 aromatic heterocycles. The van der Waals surface area contributed by atoms with E-state index < -0.39 is 11.2 Å². The maximum atomic E-state index is 12.5. The number of nitrogens with zero attached hydrogens (tertiary/aromatic N) is 5. The number of aryl methyl sites for hydroxylation is 4. The highest BCUT2D eigenvalue weighted by molar-refractivity contribution is 7.16. The van der Waals surface area contributed by atoms with E-state index in [0.717, 1.165) is 20.7 Å². The summed E-state index contributed by atoms with van der Waals surface area (Å²) < 4.78 is 4.09. The molecule has 0 saturated heterocycles. The van der Waals surface area contributed by atoms with Crippen molar-refractivity contribution in [2.75, 3.05) is 5.32 Å². The SMILES string of the molecule is Cc1ccc(-c2nc(NC(=O)CCCn3cnc4c3c(=O)n(C)c(=O)n4C)sc2C)cc1. The average molecular weight is 453 g/mol. The zero-order valence-electron chi connectivity index (χ0n) is 18.4. The molecular weight excluding hydrogens is 428 g/mol. The van der Waals surface area contributed by atoms with Gasteiger partial charge < -0.3 is 9.88 Å². The first kappa shape index (κ1) is 21.7. The second kappa shape index (κ2) is 8.54. The largest absolute Gasteiger partial charge is 0.332 e. The van der Waals surface area contributed by atoms with E-state index in [2.05, 4.69) is 15.3 Å². The van der Waals surface area contributed by atoms with Crippen molar-refractivity contribution in [1.29, 1.82) is 0 Å². The highest BCUT2D eigenvalue weighted by atomic mass is 32.1. The predicted octanol–water partition coefficient (Wildman–Crippen LogP) is 2.59. The molecule has 0 aliphatic carbocycles. The minimum Gasteiger partial charge on any atom is -0.325 e. The quantitative estimate of drug-likeness (QED) is 0.484. The third-order valence-corrected chi connectivity index (χ3v) is 6.27. The number of imidazole rings is 1. The molecule has 0 atom stereocenters. The zero-order chi connectivity index (χ0) is 23.0. The lowest BCUT2D eigenvalue weighted by molar-refractivity contribution is -0.116. The number of amides is 1. The van der Waals surface area contributed by atoms with Gasteiger partial charge in [0.2, 0.25) is 5.91 Å². The Labute approximate surface area is 188 Å². The van der Waals surface area contributed by atoms with Crippen molar-refractivity contribution in [1.82, 2.24) is 23.7 Å². The van der Waals surface area contributed by atoms with Crippen LogP contribution in [-0.4, -0.2) is 29.6 Å². The standard InChI is InChI=1S/C22H24N6O3S/c1-13-7-9-15(10-8-13)17-14(2)32-21(25-17)24-16(29)6-5-11-28-12-23-19-18(28)20(30)27(4)22(31)26(19)3/h7-10,12H,5-6,11H2,1-4H3,(H,24,25,29). The molecule has 3 heterocycles. The van der Waals surface area contributed by atoms with Crippen molar-refractivity contribution in [3.63, 3.8) is 0 Å². The lowest BCUT2D eigenvalue weighted by Crippen LogP contribution is -2.37. The fourth-order valence-corrected chi connectivity index (χ4v) is 4.44. The van der Waals surface area contributed by atoms with E-state index in [1.54, 1.807) is 11.6 Å². The summed E-state index contributed by atoms with van der Waals surface area (Å²) in [6.07, 6.45) is 2.31. The normalized spacial score (nSPS) is 11.2. The van der Waals surface area contributed by atoms with Crippen molar-refractivity contribution < 1.29 is 4.79 Å². The Bertz CT molecular complexity index is 1430. The maximum Gasteiger partial charge on any atom is 0.332 e. The number of hydrogen-bond donors (Lipinski definition) is 1. The minimum atomic E-state index is -0.420. The Kier molecular flexibility index (Phi) is 5.79. The van der Waals surface area contributed by atoms with Crippen molar-refractivity contribution in [2.24, 2.45) is 14.1 Å². The van der Waals surface area contributed by atoms with E-state index in [4.69, 9.17) is 0 Å². The molecule has 0 bridgehead atoms. The number of hydrogen-bond acceptors (Lipinski definition) is 6. The molecule has 1 N–H and O–H groups in total. The van der Waals surface area contributed by atoms with Crippen LogP contribution in [0, 0.1) is 13.8 Å². The molecule has 4 rings (SSSR count). The lowest BCUT2D eigenvalue weighted by Gasteiger charge is -2.06. The molecule has 1 amide bonds. The second-order valence-electron chi connectivity index (χ2n) is 7.76. The third-order valence-electron chi connectivity index (χ3n) is 5.39. The monoisotopic (exact) mass is 452 g/mol. The smallest absolute Gasteiger partial charge is 0.325 e. The molecule has 166 valence electrons. The van der Waals surface area contributed by atoms with Crippen LogP contribution >= 0.6 is 11.3 Å². The van der Waals surface area contributed by atoms with E-state index in [9.17, 15) is 14.4 Å². The number of nitrogens with one attached hydrogen (secondary N) is 1. The Morgan fingerprint density at radius 2 is 1.81 bits per heavy atom. The Morgan fingerprint density at radius 3 is 2.53 bits per heavy atom.